The zero-order chi connectivity index (χ0) is 11.3. The lowest BCUT2D eigenvalue weighted by Gasteiger charge is -2.08. The number of carbonyl (C=O) groups excluding carboxylic acids is 1. The summed E-state index contributed by atoms with van der Waals surface area (Å²) in [7, 11) is 0. The van der Waals surface area contributed by atoms with Crippen molar-refractivity contribution in [2.45, 2.75) is 37.9 Å². The van der Waals surface area contributed by atoms with Gasteiger partial charge in [-0.1, -0.05) is 65.5 Å². The molecule has 1 atom stereocenters. The second-order valence-electron chi connectivity index (χ2n) is 3.84. The third kappa shape index (κ3) is 3.78. The van der Waals surface area contributed by atoms with Crippen LogP contribution in [0.25, 0.3) is 0 Å². The quantitative estimate of drug-likeness (QED) is 0.580. The SMILES string of the molecule is CCCCC(Br)C(=O)c1ccc(C)cc1. The van der Waals surface area contributed by atoms with E-state index in [0.717, 1.165) is 24.8 Å². The first kappa shape index (κ1) is 12.4. The van der Waals surface area contributed by atoms with Crippen molar-refractivity contribution in [1.82, 2.24) is 0 Å². The molecule has 0 amide bonds. The average molecular weight is 269 g/mol. The van der Waals surface area contributed by atoms with Gasteiger partial charge in [0, 0.05) is 5.56 Å². The highest BCUT2D eigenvalue weighted by Crippen LogP contribution is 2.16. The summed E-state index contributed by atoms with van der Waals surface area (Å²) in [5.41, 5.74) is 1.99. The fraction of sp³-hybridized carbons (Fsp3) is 0.462. The molecule has 2 heteroatoms. The summed E-state index contributed by atoms with van der Waals surface area (Å²) in [5.74, 6) is 0.198. The molecule has 1 aromatic carbocycles. The Labute approximate surface area is 100 Å². The largest absolute Gasteiger partial charge is 0.293 e. The molecule has 0 fully saturated rings. The zero-order valence-corrected chi connectivity index (χ0v) is 10.9. The Bertz CT molecular complexity index is 316. The van der Waals surface area contributed by atoms with Gasteiger partial charge in [0.05, 0.1) is 4.83 Å². The third-order valence-corrected chi connectivity index (χ3v) is 3.31. The van der Waals surface area contributed by atoms with Gasteiger partial charge in [0.25, 0.3) is 0 Å². The highest BCUT2D eigenvalue weighted by atomic mass is 79.9. The monoisotopic (exact) mass is 268 g/mol. The van der Waals surface area contributed by atoms with Crippen molar-refractivity contribution < 1.29 is 4.79 Å². The van der Waals surface area contributed by atoms with Crippen molar-refractivity contribution in [3.63, 3.8) is 0 Å². The number of halogens is 1. The van der Waals surface area contributed by atoms with Crippen LogP contribution >= 0.6 is 15.9 Å². The summed E-state index contributed by atoms with van der Waals surface area (Å²) in [6.45, 7) is 4.16. The first-order valence-electron chi connectivity index (χ1n) is 5.40. The Morgan fingerprint density at radius 1 is 1.33 bits per heavy atom. The number of alkyl halides is 1. The summed E-state index contributed by atoms with van der Waals surface area (Å²) < 4.78 is 0. The van der Waals surface area contributed by atoms with Crippen molar-refractivity contribution in [2.75, 3.05) is 0 Å². The van der Waals surface area contributed by atoms with Gasteiger partial charge in [0.15, 0.2) is 5.78 Å². The molecule has 82 valence electrons. The van der Waals surface area contributed by atoms with Crippen LogP contribution in [0, 0.1) is 6.92 Å². The molecule has 0 aliphatic carbocycles. The molecular weight excluding hydrogens is 252 g/mol. The molecule has 1 rings (SSSR count). The van der Waals surface area contributed by atoms with Gasteiger partial charge >= 0.3 is 0 Å². The molecule has 0 saturated carbocycles. The Kier molecular flexibility index (Phi) is 5.03. The number of aryl methyl sites for hydroxylation is 1. The minimum atomic E-state index is -0.0276. The van der Waals surface area contributed by atoms with Crippen LogP contribution in [-0.4, -0.2) is 10.6 Å². The fourth-order valence-electron chi connectivity index (χ4n) is 1.41. The molecule has 0 radical (unpaired) electrons. The van der Waals surface area contributed by atoms with Gasteiger partial charge in [-0.25, -0.2) is 0 Å². The van der Waals surface area contributed by atoms with Crippen LogP contribution in [0.1, 0.15) is 42.1 Å². The molecule has 0 aromatic heterocycles. The molecule has 15 heavy (non-hydrogen) atoms. The van der Waals surface area contributed by atoms with Gasteiger partial charge in [-0.2, -0.15) is 0 Å². The maximum Gasteiger partial charge on any atom is 0.176 e. The number of unbranched alkanes of at least 4 members (excludes halogenated alkanes) is 1. The van der Waals surface area contributed by atoms with E-state index in [0.29, 0.717) is 0 Å². The molecule has 0 N–H and O–H groups in total. The average Bonchev–Trinajstić information content (AvgIpc) is 2.26. The number of Topliss-reactive ketones (excluding diaryl/α,β-unsaturated/α-hetero) is 1. The Hall–Kier alpha value is -0.630. The van der Waals surface area contributed by atoms with E-state index in [2.05, 4.69) is 22.9 Å². The number of carbonyl (C=O) groups is 1. The summed E-state index contributed by atoms with van der Waals surface area (Å²) in [4.78, 5) is 11.9. The van der Waals surface area contributed by atoms with E-state index in [9.17, 15) is 4.79 Å². The van der Waals surface area contributed by atoms with Gasteiger partial charge in [0.2, 0.25) is 0 Å². The molecule has 0 saturated heterocycles. The fourth-order valence-corrected chi connectivity index (χ4v) is 2.00. The van der Waals surface area contributed by atoms with Gasteiger partial charge in [0.1, 0.15) is 0 Å². The Morgan fingerprint density at radius 3 is 2.47 bits per heavy atom. The second kappa shape index (κ2) is 6.06. The topological polar surface area (TPSA) is 17.1 Å². The van der Waals surface area contributed by atoms with Crippen LogP contribution in [0.4, 0.5) is 0 Å². The van der Waals surface area contributed by atoms with E-state index in [1.807, 2.05) is 31.2 Å². The maximum atomic E-state index is 11.9. The summed E-state index contributed by atoms with van der Waals surface area (Å²) in [5, 5.41) is 0. The Balaban J connectivity index is 2.63. The van der Waals surface area contributed by atoms with E-state index in [1.165, 1.54) is 5.56 Å². The third-order valence-electron chi connectivity index (χ3n) is 2.43. The second-order valence-corrected chi connectivity index (χ2v) is 4.95. The molecule has 0 spiro atoms. The predicted molar refractivity (Wildman–Crippen MR) is 67.7 cm³/mol. The van der Waals surface area contributed by atoms with Crippen molar-refractivity contribution in [1.29, 1.82) is 0 Å². The van der Waals surface area contributed by atoms with Crippen LogP contribution in [0.15, 0.2) is 24.3 Å². The van der Waals surface area contributed by atoms with Crippen molar-refractivity contribution in [3.8, 4) is 0 Å². The zero-order valence-electron chi connectivity index (χ0n) is 9.29. The highest BCUT2D eigenvalue weighted by molar-refractivity contribution is 9.10. The number of hydrogen-bond donors (Lipinski definition) is 0. The normalized spacial score (nSPS) is 12.5. The summed E-state index contributed by atoms with van der Waals surface area (Å²) in [6, 6.07) is 7.76. The van der Waals surface area contributed by atoms with Crippen LogP contribution < -0.4 is 0 Å². The van der Waals surface area contributed by atoms with E-state index in [1.54, 1.807) is 0 Å². The highest BCUT2D eigenvalue weighted by Gasteiger charge is 2.15. The van der Waals surface area contributed by atoms with Crippen LogP contribution in [-0.2, 0) is 0 Å². The van der Waals surface area contributed by atoms with Crippen molar-refractivity contribution in [2.24, 2.45) is 0 Å². The van der Waals surface area contributed by atoms with E-state index < -0.39 is 0 Å². The van der Waals surface area contributed by atoms with Crippen molar-refractivity contribution in [3.05, 3.63) is 35.4 Å². The number of ketones is 1. The number of benzene rings is 1. The first-order valence-corrected chi connectivity index (χ1v) is 6.31. The minimum Gasteiger partial charge on any atom is -0.293 e. The summed E-state index contributed by atoms with van der Waals surface area (Å²) in [6.07, 6.45) is 3.14. The van der Waals surface area contributed by atoms with E-state index in [4.69, 9.17) is 0 Å². The Morgan fingerprint density at radius 2 is 1.93 bits per heavy atom. The molecular formula is C13H17BrO. The minimum absolute atomic E-state index is 0.0276. The van der Waals surface area contributed by atoms with E-state index in [-0.39, 0.29) is 10.6 Å². The first-order chi connectivity index (χ1) is 7.15. The van der Waals surface area contributed by atoms with Gasteiger partial charge < -0.3 is 0 Å². The molecule has 0 aliphatic heterocycles. The van der Waals surface area contributed by atoms with E-state index >= 15 is 0 Å². The van der Waals surface area contributed by atoms with Crippen LogP contribution in [0.3, 0.4) is 0 Å². The maximum absolute atomic E-state index is 11.9. The smallest absolute Gasteiger partial charge is 0.176 e. The predicted octanol–water partition coefficient (Wildman–Crippen LogP) is 4.13. The van der Waals surface area contributed by atoms with Crippen molar-refractivity contribution >= 4 is 21.7 Å². The number of rotatable bonds is 5. The standard InChI is InChI=1S/C13H17BrO/c1-3-4-5-12(14)13(15)11-8-6-10(2)7-9-11/h6-9,12H,3-5H2,1-2H3. The lowest BCUT2D eigenvalue weighted by atomic mass is 10.0. The summed E-state index contributed by atoms with van der Waals surface area (Å²) >= 11 is 3.45. The van der Waals surface area contributed by atoms with Gasteiger partial charge in [-0.3, -0.25) is 4.79 Å². The number of hydrogen-bond acceptors (Lipinski definition) is 1. The van der Waals surface area contributed by atoms with Gasteiger partial charge in [-0.15, -0.1) is 0 Å². The van der Waals surface area contributed by atoms with Crippen LogP contribution in [0.2, 0.25) is 0 Å². The lowest BCUT2D eigenvalue weighted by molar-refractivity contribution is 0.0988. The molecule has 1 aromatic rings. The van der Waals surface area contributed by atoms with Crippen LogP contribution in [0.5, 0.6) is 0 Å². The lowest BCUT2D eigenvalue weighted by Crippen LogP contribution is -2.13. The molecule has 1 unspecified atom stereocenters. The van der Waals surface area contributed by atoms with Gasteiger partial charge in [-0.05, 0) is 13.3 Å². The molecule has 0 aliphatic rings. The molecule has 0 bridgehead atoms. The molecule has 0 heterocycles. The molecule has 1 nitrogen and oxygen atoms in total.